The van der Waals surface area contributed by atoms with Crippen LogP contribution in [0, 0.1) is 17.2 Å². The fraction of sp³-hybridized carbons (Fsp3) is 0.571. The molecule has 0 N–H and O–H groups in total. The van der Waals surface area contributed by atoms with Gasteiger partial charge in [0, 0.05) is 30.9 Å². The second-order valence-corrected chi connectivity index (χ2v) is 5.09. The van der Waals surface area contributed by atoms with E-state index in [1.54, 1.807) is 6.20 Å². The highest BCUT2D eigenvalue weighted by atomic mass is 15.1. The highest BCUT2D eigenvalue weighted by Crippen LogP contribution is 2.30. The van der Waals surface area contributed by atoms with E-state index >= 15 is 0 Å². The summed E-state index contributed by atoms with van der Waals surface area (Å²) >= 11 is 0. The molecule has 0 amide bonds. The minimum Gasteiger partial charge on any atom is -0.296 e. The van der Waals surface area contributed by atoms with Crippen molar-refractivity contribution in [3.05, 3.63) is 29.6 Å². The quantitative estimate of drug-likeness (QED) is 0.779. The third kappa shape index (κ3) is 3.28. The Morgan fingerprint density at radius 3 is 2.88 bits per heavy atom. The molecular formula is C14H19N3. The van der Waals surface area contributed by atoms with Crippen LogP contribution < -0.4 is 0 Å². The third-order valence-corrected chi connectivity index (χ3v) is 3.29. The van der Waals surface area contributed by atoms with E-state index in [1.165, 1.54) is 12.8 Å². The van der Waals surface area contributed by atoms with Crippen molar-refractivity contribution in [3.63, 3.8) is 0 Å². The van der Waals surface area contributed by atoms with E-state index in [2.05, 4.69) is 29.8 Å². The first kappa shape index (κ1) is 12.1. The standard InChI is InChI=1S/C14H19N3/c1-11(2)17(9-12-5-6-12)10-13-4-3-7-16-14(13)8-15/h3-4,7,11-12H,5-6,9-10H2,1-2H3. The Balaban J connectivity index is 2.08. The lowest BCUT2D eigenvalue weighted by Gasteiger charge is -2.26. The third-order valence-electron chi connectivity index (χ3n) is 3.29. The zero-order valence-electron chi connectivity index (χ0n) is 10.6. The van der Waals surface area contributed by atoms with Crippen LogP contribution in [0.2, 0.25) is 0 Å². The van der Waals surface area contributed by atoms with Gasteiger partial charge in [-0.1, -0.05) is 6.07 Å². The fourth-order valence-corrected chi connectivity index (χ4v) is 1.98. The molecule has 1 aliphatic carbocycles. The maximum Gasteiger partial charge on any atom is 0.144 e. The van der Waals surface area contributed by atoms with Gasteiger partial charge in [0.05, 0.1) is 0 Å². The molecule has 0 radical (unpaired) electrons. The summed E-state index contributed by atoms with van der Waals surface area (Å²) in [6.45, 7) is 6.41. The molecule has 1 aromatic rings. The van der Waals surface area contributed by atoms with Gasteiger partial charge in [0.15, 0.2) is 0 Å². The summed E-state index contributed by atoms with van der Waals surface area (Å²) in [7, 11) is 0. The van der Waals surface area contributed by atoms with Gasteiger partial charge in [0.1, 0.15) is 11.8 Å². The molecule has 0 bridgehead atoms. The molecule has 1 aromatic heterocycles. The van der Waals surface area contributed by atoms with Gasteiger partial charge in [-0.2, -0.15) is 5.26 Å². The topological polar surface area (TPSA) is 39.9 Å². The first-order chi connectivity index (χ1) is 8.20. The Kier molecular flexibility index (Phi) is 3.75. The summed E-state index contributed by atoms with van der Waals surface area (Å²) in [4.78, 5) is 6.56. The summed E-state index contributed by atoms with van der Waals surface area (Å²) in [5.41, 5.74) is 1.61. The molecule has 1 aliphatic rings. The molecule has 90 valence electrons. The van der Waals surface area contributed by atoms with Crippen molar-refractivity contribution in [2.24, 2.45) is 5.92 Å². The van der Waals surface area contributed by atoms with Crippen LogP contribution >= 0.6 is 0 Å². The average molecular weight is 229 g/mol. The number of nitrogens with zero attached hydrogens (tertiary/aromatic N) is 3. The first-order valence-electron chi connectivity index (χ1n) is 6.28. The van der Waals surface area contributed by atoms with Gasteiger partial charge in [-0.15, -0.1) is 0 Å². The molecule has 0 spiro atoms. The lowest BCUT2D eigenvalue weighted by atomic mass is 10.1. The highest BCUT2D eigenvalue weighted by molar-refractivity contribution is 5.30. The number of hydrogen-bond donors (Lipinski definition) is 0. The van der Waals surface area contributed by atoms with E-state index in [4.69, 9.17) is 5.26 Å². The van der Waals surface area contributed by atoms with Crippen LogP contribution in [-0.4, -0.2) is 22.5 Å². The predicted octanol–water partition coefficient (Wildman–Crippen LogP) is 2.57. The SMILES string of the molecule is CC(C)N(Cc1cccnc1C#N)CC1CC1. The van der Waals surface area contributed by atoms with Crippen LogP contribution in [0.1, 0.15) is 37.9 Å². The van der Waals surface area contributed by atoms with E-state index in [1.807, 2.05) is 12.1 Å². The summed E-state index contributed by atoms with van der Waals surface area (Å²) in [5, 5.41) is 9.03. The van der Waals surface area contributed by atoms with E-state index in [-0.39, 0.29) is 0 Å². The zero-order valence-corrected chi connectivity index (χ0v) is 10.6. The number of nitriles is 1. The molecule has 1 fully saturated rings. The second kappa shape index (κ2) is 5.29. The van der Waals surface area contributed by atoms with Crippen molar-refractivity contribution in [2.75, 3.05) is 6.54 Å². The highest BCUT2D eigenvalue weighted by Gasteiger charge is 2.25. The molecule has 0 atom stereocenters. The van der Waals surface area contributed by atoms with Gasteiger partial charge >= 0.3 is 0 Å². The average Bonchev–Trinajstić information content (AvgIpc) is 3.12. The van der Waals surface area contributed by atoms with Gasteiger partial charge in [0.25, 0.3) is 0 Å². The van der Waals surface area contributed by atoms with Gasteiger partial charge in [-0.05, 0) is 38.7 Å². The molecule has 17 heavy (non-hydrogen) atoms. The van der Waals surface area contributed by atoms with Crippen molar-refractivity contribution in [1.29, 1.82) is 5.26 Å². The van der Waals surface area contributed by atoms with Gasteiger partial charge < -0.3 is 0 Å². The molecule has 2 rings (SSSR count). The zero-order chi connectivity index (χ0) is 12.3. The molecule has 0 aromatic carbocycles. The number of pyridine rings is 1. The molecule has 0 aliphatic heterocycles. The lowest BCUT2D eigenvalue weighted by molar-refractivity contribution is 0.203. The van der Waals surface area contributed by atoms with Crippen LogP contribution in [0.15, 0.2) is 18.3 Å². The molecular weight excluding hydrogens is 210 g/mol. The Morgan fingerprint density at radius 2 is 2.29 bits per heavy atom. The van der Waals surface area contributed by atoms with E-state index in [0.29, 0.717) is 11.7 Å². The number of hydrogen-bond acceptors (Lipinski definition) is 3. The minimum atomic E-state index is 0.516. The van der Waals surface area contributed by atoms with Crippen molar-refractivity contribution in [2.45, 2.75) is 39.3 Å². The van der Waals surface area contributed by atoms with Gasteiger partial charge in [-0.3, -0.25) is 4.90 Å². The van der Waals surface area contributed by atoms with Crippen LogP contribution in [0.4, 0.5) is 0 Å². The van der Waals surface area contributed by atoms with E-state index in [9.17, 15) is 0 Å². The van der Waals surface area contributed by atoms with Crippen LogP contribution in [0.25, 0.3) is 0 Å². The monoisotopic (exact) mass is 229 g/mol. The Morgan fingerprint density at radius 1 is 1.53 bits per heavy atom. The molecule has 3 nitrogen and oxygen atoms in total. The van der Waals surface area contributed by atoms with Crippen molar-refractivity contribution < 1.29 is 0 Å². The molecule has 3 heteroatoms. The van der Waals surface area contributed by atoms with Crippen LogP contribution in [-0.2, 0) is 6.54 Å². The maximum absolute atomic E-state index is 9.03. The summed E-state index contributed by atoms with van der Waals surface area (Å²) in [5.74, 6) is 0.875. The lowest BCUT2D eigenvalue weighted by Crippen LogP contribution is -2.32. The Hall–Kier alpha value is -1.40. The summed E-state index contributed by atoms with van der Waals surface area (Å²) in [6.07, 6.45) is 4.41. The number of aromatic nitrogens is 1. The largest absolute Gasteiger partial charge is 0.296 e. The van der Waals surface area contributed by atoms with Crippen molar-refractivity contribution in [3.8, 4) is 6.07 Å². The van der Waals surface area contributed by atoms with Crippen LogP contribution in [0.5, 0.6) is 0 Å². The van der Waals surface area contributed by atoms with E-state index in [0.717, 1.165) is 24.6 Å². The van der Waals surface area contributed by atoms with E-state index < -0.39 is 0 Å². The van der Waals surface area contributed by atoms with Crippen molar-refractivity contribution in [1.82, 2.24) is 9.88 Å². The molecule has 1 saturated carbocycles. The number of rotatable bonds is 5. The fourth-order valence-electron chi connectivity index (χ4n) is 1.98. The minimum absolute atomic E-state index is 0.516. The van der Waals surface area contributed by atoms with Crippen molar-refractivity contribution >= 4 is 0 Å². The maximum atomic E-state index is 9.03. The predicted molar refractivity (Wildman–Crippen MR) is 67.2 cm³/mol. The normalized spacial score (nSPS) is 15.2. The summed E-state index contributed by atoms with van der Waals surface area (Å²) < 4.78 is 0. The molecule has 0 unspecified atom stereocenters. The first-order valence-corrected chi connectivity index (χ1v) is 6.28. The smallest absolute Gasteiger partial charge is 0.144 e. The molecule has 0 saturated heterocycles. The Labute approximate surface area is 103 Å². The Bertz CT molecular complexity index is 416. The van der Waals surface area contributed by atoms with Gasteiger partial charge in [-0.25, -0.2) is 4.98 Å². The molecule has 1 heterocycles. The van der Waals surface area contributed by atoms with Crippen LogP contribution in [0.3, 0.4) is 0 Å². The van der Waals surface area contributed by atoms with Gasteiger partial charge in [0.2, 0.25) is 0 Å². The second-order valence-electron chi connectivity index (χ2n) is 5.09. The summed E-state index contributed by atoms with van der Waals surface area (Å²) in [6, 6.07) is 6.60.